The average Bonchev–Trinajstić information content (AvgIpc) is 2.39. The Hall–Kier alpha value is -1.55. The van der Waals surface area contributed by atoms with Crippen LogP contribution in [0, 0.1) is 6.92 Å². The number of methoxy groups -OCH3 is 1. The summed E-state index contributed by atoms with van der Waals surface area (Å²) in [6, 6.07) is 6.37. The van der Waals surface area contributed by atoms with Gasteiger partial charge in [0.1, 0.15) is 5.75 Å². The lowest BCUT2D eigenvalue weighted by molar-refractivity contribution is -0.141. The Balaban J connectivity index is 2.60. The number of ether oxygens (including phenoxy) is 2. The van der Waals surface area contributed by atoms with E-state index in [1.54, 1.807) is 0 Å². The molecule has 0 aliphatic heterocycles. The van der Waals surface area contributed by atoms with Crippen LogP contribution in [0.2, 0.25) is 0 Å². The second-order valence-corrected chi connectivity index (χ2v) is 4.21. The monoisotopic (exact) mass is 251 g/mol. The Morgan fingerprint density at radius 3 is 2.72 bits per heavy atom. The number of hydrogen-bond acceptors (Lipinski definition) is 4. The highest BCUT2D eigenvalue weighted by atomic mass is 16.5. The number of hydrogen-bond donors (Lipinski definition) is 1. The predicted octanol–water partition coefficient (Wildman–Crippen LogP) is 2.22. The summed E-state index contributed by atoms with van der Waals surface area (Å²) < 4.78 is 10.1. The second-order valence-electron chi connectivity index (χ2n) is 4.21. The number of esters is 1. The van der Waals surface area contributed by atoms with Gasteiger partial charge in [0.15, 0.2) is 0 Å². The molecule has 1 aromatic carbocycles. The van der Waals surface area contributed by atoms with E-state index in [2.05, 4.69) is 23.0 Å². The minimum absolute atomic E-state index is 0.256. The number of carbonyl (C=O) groups excluding carboxylic acids is 1. The van der Waals surface area contributed by atoms with E-state index in [1.165, 1.54) is 12.7 Å². The summed E-state index contributed by atoms with van der Waals surface area (Å²) in [5.41, 5.74) is 2.29. The summed E-state index contributed by atoms with van der Waals surface area (Å²) in [5.74, 6) is 0.555. The molecule has 1 rings (SSSR count). The van der Waals surface area contributed by atoms with Crippen LogP contribution in [0.25, 0.3) is 0 Å². The molecule has 1 N–H and O–H groups in total. The molecule has 0 amide bonds. The molecule has 0 spiro atoms. The van der Waals surface area contributed by atoms with Crippen LogP contribution >= 0.6 is 0 Å². The molecule has 0 saturated carbocycles. The van der Waals surface area contributed by atoms with Gasteiger partial charge in [0.25, 0.3) is 0 Å². The lowest BCUT2D eigenvalue weighted by Crippen LogP contribution is -2.12. The molecule has 0 aromatic heterocycles. The van der Waals surface area contributed by atoms with Crippen molar-refractivity contribution in [3.63, 3.8) is 0 Å². The molecular weight excluding hydrogens is 230 g/mol. The van der Waals surface area contributed by atoms with Crippen molar-refractivity contribution in [2.24, 2.45) is 0 Å². The van der Waals surface area contributed by atoms with E-state index >= 15 is 0 Å². The molecule has 1 aromatic rings. The van der Waals surface area contributed by atoms with Gasteiger partial charge in [-0.15, -0.1) is 0 Å². The van der Waals surface area contributed by atoms with Gasteiger partial charge in [0.2, 0.25) is 0 Å². The van der Waals surface area contributed by atoms with Gasteiger partial charge in [-0.25, -0.2) is 0 Å². The lowest BCUT2D eigenvalue weighted by Gasteiger charge is -2.14. The fourth-order valence-electron chi connectivity index (χ4n) is 1.62. The maximum atomic E-state index is 11.0. The smallest absolute Gasteiger partial charge is 0.308 e. The zero-order valence-electron chi connectivity index (χ0n) is 11.4. The molecule has 4 heteroatoms. The van der Waals surface area contributed by atoms with E-state index in [-0.39, 0.29) is 12.4 Å². The fraction of sp³-hybridized carbons (Fsp3) is 0.500. The molecular formula is C14H21NO3. The van der Waals surface area contributed by atoms with E-state index in [0.29, 0.717) is 12.6 Å². The van der Waals surface area contributed by atoms with Gasteiger partial charge < -0.3 is 14.8 Å². The van der Waals surface area contributed by atoms with Crippen LogP contribution < -0.4 is 10.1 Å². The maximum absolute atomic E-state index is 11.0. The van der Waals surface area contributed by atoms with Gasteiger partial charge in [-0.1, -0.05) is 12.1 Å². The summed E-state index contributed by atoms with van der Waals surface area (Å²) in [7, 11) is 3.31. The highest BCUT2D eigenvalue weighted by molar-refractivity contribution is 5.69. The quantitative estimate of drug-likeness (QED) is 0.787. The van der Waals surface area contributed by atoms with Crippen molar-refractivity contribution in [1.82, 2.24) is 5.32 Å². The first-order valence-electron chi connectivity index (χ1n) is 6.06. The van der Waals surface area contributed by atoms with Crippen molar-refractivity contribution >= 4 is 5.97 Å². The van der Waals surface area contributed by atoms with E-state index in [9.17, 15) is 4.79 Å². The molecule has 0 radical (unpaired) electrons. The van der Waals surface area contributed by atoms with Crippen LogP contribution in [-0.2, 0) is 9.53 Å². The molecule has 100 valence electrons. The molecule has 4 nitrogen and oxygen atoms in total. The molecule has 1 unspecified atom stereocenters. The average molecular weight is 251 g/mol. The number of rotatable bonds is 6. The number of nitrogens with one attached hydrogen (secondary N) is 1. The Morgan fingerprint density at radius 2 is 2.17 bits per heavy atom. The molecule has 1 atom stereocenters. The standard InChI is InChI=1S/C14H21NO3/c1-10-9-12(11(2)15-3)5-6-13(10)18-8-7-14(16)17-4/h5-6,9,11,15H,7-8H2,1-4H3. The third-order valence-corrected chi connectivity index (χ3v) is 2.92. The highest BCUT2D eigenvalue weighted by Crippen LogP contribution is 2.22. The summed E-state index contributed by atoms with van der Waals surface area (Å²) in [5, 5.41) is 3.19. The zero-order chi connectivity index (χ0) is 13.5. The summed E-state index contributed by atoms with van der Waals surface area (Å²) in [6.45, 7) is 4.44. The molecule has 0 fully saturated rings. The second kappa shape index (κ2) is 7.01. The van der Waals surface area contributed by atoms with Gasteiger partial charge >= 0.3 is 5.97 Å². The molecule has 0 heterocycles. The van der Waals surface area contributed by atoms with Crippen molar-refractivity contribution < 1.29 is 14.3 Å². The van der Waals surface area contributed by atoms with Crippen LogP contribution in [0.15, 0.2) is 18.2 Å². The van der Waals surface area contributed by atoms with Crippen LogP contribution in [0.3, 0.4) is 0 Å². The minimum Gasteiger partial charge on any atom is -0.493 e. The molecule has 0 aliphatic rings. The number of carbonyl (C=O) groups is 1. The third kappa shape index (κ3) is 4.04. The Kier molecular flexibility index (Phi) is 5.65. The Morgan fingerprint density at radius 1 is 1.44 bits per heavy atom. The van der Waals surface area contributed by atoms with Crippen molar-refractivity contribution in [1.29, 1.82) is 0 Å². The molecule has 18 heavy (non-hydrogen) atoms. The summed E-state index contributed by atoms with van der Waals surface area (Å²) in [4.78, 5) is 11.0. The van der Waals surface area contributed by atoms with Crippen LogP contribution in [0.1, 0.15) is 30.5 Å². The normalized spacial score (nSPS) is 12.0. The third-order valence-electron chi connectivity index (χ3n) is 2.92. The van der Waals surface area contributed by atoms with Crippen LogP contribution in [0.4, 0.5) is 0 Å². The maximum Gasteiger partial charge on any atom is 0.308 e. The number of aryl methyl sites for hydroxylation is 1. The highest BCUT2D eigenvalue weighted by Gasteiger charge is 2.07. The number of benzene rings is 1. The van der Waals surface area contributed by atoms with Gasteiger partial charge in [-0.05, 0) is 38.1 Å². The van der Waals surface area contributed by atoms with E-state index in [4.69, 9.17) is 4.74 Å². The Bertz CT molecular complexity index is 404. The first-order chi connectivity index (χ1) is 8.58. The van der Waals surface area contributed by atoms with Gasteiger partial charge in [0.05, 0.1) is 20.1 Å². The molecule has 0 bridgehead atoms. The van der Waals surface area contributed by atoms with Crippen LogP contribution in [0.5, 0.6) is 5.75 Å². The van der Waals surface area contributed by atoms with Crippen molar-refractivity contribution in [3.8, 4) is 5.75 Å². The largest absolute Gasteiger partial charge is 0.493 e. The van der Waals surface area contributed by atoms with Crippen molar-refractivity contribution in [2.45, 2.75) is 26.3 Å². The molecule has 0 aliphatic carbocycles. The van der Waals surface area contributed by atoms with E-state index in [0.717, 1.165) is 11.3 Å². The predicted molar refractivity (Wildman–Crippen MR) is 70.8 cm³/mol. The Labute approximate surface area is 108 Å². The minimum atomic E-state index is -0.256. The first-order valence-corrected chi connectivity index (χ1v) is 6.06. The fourth-order valence-corrected chi connectivity index (χ4v) is 1.62. The van der Waals surface area contributed by atoms with E-state index in [1.807, 2.05) is 26.1 Å². The zero-order valence-corrected chi connectivity index (χ0v) is 11.4. The van der Waals surface area contributed by atoms with Gasteiger partial charge in [-0.2, -0.15) is 0 Å². The SMILES string of the molecule is CNC(C)c1ccc(OCCC(=O)OC)c(C)c1. The first kappa shape index (κ1) is 14.5. The summed E-state index contributed by atoms with van der Waals surface area (Å²) in [6.07, 6.45) is 0.268. The lowest BCUT2D eigenvalue weighted by atomic mass is 10.1. The van der Waals surface area contributed by atoms with Crippen LogP contribution in [-0.4, -0.2) is 26.7 Å². The van der Waals surface area contributed by atoms with Gasteiger partial charge in [0, 0.05) is 6.04 Å². The summed E-state index contributed by atoms with van der Waals surface area (Å²) >= 11 is 0. The van der Waals surface area contributed by atoms with Crippen molar-refractivity contribution in [3.05, 3.63) is 29.3 Å². The topological polar surface area (TPSA) is 47.6 Å². The van der Waals surface area contributed by atoms with E-state index < -0.39 is 0 Å². The molecule has 0 saturated heterocycles. The van der Waals surface area contributed by atoms with Gasteiger partial charge in [-0.3, -0.25) is 4.79 Å². The van der Waals surface area contributed by atoms with Crippen molar-refractivity contribution in [2.75, 3.05) is 20.8 Å².